The number of aromatic nitrogens is 2. The second-order valence-electron chi connectivity index (χ2n) is 4.01. The predicted molar refractivity (Wildman–Crippen MR) is 68.5 cm³/mol. The molecule has 0 spiro atoms. The van der Waals surface area contributed by atoms with Crippen molar-refractivity contribution in [1.29, 1.82) is 0 Å². The molecule has 0 saturated heterocycles. The van der Waals surface area contributed by atoms with Crippen molar-refractivity contribution in [2.75, 3.05) is 5.73 Å². The van der Waals surface area contributed by atoms with Crippen molar-refractivity contribution in [2.45, 2.75) is 18.3 Å². The van der Waals surface area contributed by atoms with Crippen molar-refractivity contribution in [1.82, 2.24) is 10.2 Å². The van der Waals surface area contributed by atoms with Crippen molar-refractivity contribution in [3.63, 3.8) is 0 Å². The van der Waals surface area contributed by atoms with Gasteiger partial charge in [-0.25, -0.2) is 0 Å². The first kappa shape index (κ1) is 10.2. The van der Waals surface area contributed by atoms with Crippen LogP contribution < -0.4 is 5.73 Å². The van der Waals surface area contributed by atoms with Crippen molar-refractivity contribution in [3.05, 3.63) is 39.3 Å². The highest BCUT2D eigenvalue weighted by Gasteiger charge is 2.49. The molecule has 0 atom stereocenters. The summed E-state index contributed by atoms with van der Waals surface area (Å²) in [6.45, 7) is 0. The second kappa shape index (κ2) is 3.53. The van der Waals surface area contributed by atoms with Gasteiger partial charge in [0.15, 0.2) is 0 Å². The van der Waals surface area contributed by atoms with Gasteiger partial charge in [0, 0.05) is 4.47 Å². The maximum atomic E-state index is 5.65. The Morgan fingerprint density at radius 3 is 2.56 bits per heavy atom. The van der Waals surface area contributed by atoms with Gasteiger partial charge in [-0.15, -0.1) is 10.2 Å². The molecule has 16 heavy (non-hydrogen) atoms. The van der Waals surface area contributed by atoms with Crippen LogP contribution in [0.4, 0.5) is 5.13 Å². The minimum absolute atomic E-state index is 0.0649. The van der Waals surface area contributed by atoms with Crippen molar-refractivity contribution in [3.8, 4) is 0 Å². The Balaban J connectivity index is 2.10. The lowest BCUT2D eigenvalue weighted by atomic mass is 9.97. The van der Waals surface area contributed by atoms with Crippen LogP contribution in [0.2, 0.25) is 0 Å². The fourth-order valence-corrected chi connectivity index (χ4v) is 3.54. The number of hydrogen-bond donors (Lipinski definition) is 1. The smallest absolute Gasteiger partial charge is 0.203 e. The summed E-state index contributed by atoms with van der Waals surface area (Å²) in [5.41, 5.74) is 7.01. The molecule has 3 nitrogen and oxygen atoms in total. The molecular weight excluding hydrogens is 286 g/mol. The van der Waals surface area contributed by atoms with Crippen LogP contribution in [0.15, 0.2) is 28.7 Å². The molecular formula is C11H10BrN3S. The lowest BCUT2D eigenvalue weighted by Gasteiger charge is -2.13. The number of hydrogen-bond acceptors (Lipinski definition) is 4. The highest BCUT2D eigenvalue weighted by Crippen LogP contribution is 2.56. The van der Waals surface area contributed by atoms with Gasteiger partial charge in [0.2, 0.25) is 5.13 Å². The Morgan fingerprint density at radius 1 is 1.25 bits per heavy atom. The fraction of sp³-hybridized carbons (Fsp3) is 0.273. The third kappa shape index (κ3) is 1.46. The molecule has 1 aliphatic carbocycles. The number of nitrogen functional groups attached to an aromatic ring is 1. The van der Waals surface area contributed by atoms with Crippen molar-refractivity contribution >= 4 is 32.4 Å². The van der Waals surface area contributed by atoms with Crippen LogP contribution in [0.25, 0.3) is 0 Å². The van der Waals surface area contributed by atoms with E-state index in [1.165, 1.54) is 16.9 Å². The minimum Gasteiger partial charge on any atom is -0.374 e. The third-order valence-electron chi connectivity index (χ3n) is 2.99. The first-order chi connectivity index (χ1) is 7.72. The van der Waals surface area contributed by atoms with Gasteiger partial charge in [-0.1, -0.05) is 45.5 Å². The molecule has 3 rings (SSSR count). The van der Waals surface area contributed by atoms with Gasteiger partial charge in [-0.2, -0.15) is 0 Å². The molecule has 0 radical (unpaired) electrons. The molecule has 0 bridgehead atoms. The summed E-state index contributed by atoms with van der Waals surface area (Å²) in [7, 11) is 0. The molecule has 1 aliphatic rings. The molecule has 1 aromatic carbocycles. The summed E-state index contributed by atoms with van der Waals surface area (Å²) in [4.78, 5) is 0. The van der Waals surface area contributed by atoms with E-state index in [1.54, 1.807) is 0 Å². The van der Waals surface area contributed by atoms with E-state index in [9.17, 15) is 0 Å². The van der Waals surface area contributed by atoms with Crippen molar-refractivity contribution < 1.29 is 0 Å². The first-order valence-corrected chi connectivity index (χ1v) is 6.68. The van der Waals surface area contributed by atoms with E-state index in [0.717, 1.165) is 22.3 Å². The molecule has 82 valence electrons. The molecule has 2 aromatic rings. The van der Waals surface area contributed by atoms with E-state index in [-0.39, 0.29) is 5.41 Å². The Bertz CT molecular complexity index is 534. The molecule has 1 heterocycles. The normalized spacial score (nSPS) is 17.3. The van der Waals surface area contributed by atoms with Gasteiger partial charge in [0.1, 0.15) is 5.01 Å². The Labute approximate surface area is 106 Å². The van der Waals surface area contributed by atoms with Gasteiger partial charge >= 0.3 is 0 Å². The average molecular weight is 296 g/mol. The molecule has 0 amide bonds. The Kier molecular flexibility index (Phi) is 2.26. The molecule has 5 heteroatoms. The molecule has 0 unspecified atom stereocenters. The van der Waals surface area contributed by atoms with Gasteiger partial charge < -0.3 is 5.73 Å². The van der Waals surface area contributed by atoms with Crippen LogP contribution in [-0.2, 0) is 5.41 Å². The van der Waals surface area contributed by atoms with E-state index in [2.05, 4.69) is 44.3 Å². The standard InChI is InChI=1S/C11H10BrN3S/c12-8-4-2-1-3-7(8)11(5-6-11)9-14-15-10(13)16-9/h1-4H,5-6H2,(H2,13,15). The predicted octanol–water partition coefficient (Wildman–Crippen LogP) is 2.96. The topological polar surface area (TPSA) is 51.8 Å². The van der Waals surface area contributed by atoms with Gasteiger partial charge in [0.25, 0.3) is 0 Å². The monoisotopic (exact) mass is 295 g/mol. The molecule has 1 fully saturated rings. The lowest BCUT2D eigenvalue weighted by Crippen LogP contribution is -2.08. The van der Waals surface area contributed by atoms with E-state index >= 15 is 0 Å². The lowest BCUT2D eigenvalue weighted by molar-refractivity contribution is 0.803. The van der Waals surface area contributed by atoms with Gasteiger partial charge in [-0.05, 0) is 24.5 Å². The molecule has 1 aromatic heterocycles. The van der Waals surface area contributed by atoms with E-state index in [4.69, 9.17) is 5.73 Å². The minimum atomic E-state index is 0.0649. The second-order valence-corrected chi connectivity index (χ2v) is 5.87. The Morgan fingerprint density at radius 2 is 2.00 bits per heavy atom. The molecule has 1 saturated carbocycles. The maximum Gasteiger partial charge on any atom is 0.203 e. The summed E-state index contributed by atoms with van der Waals surface area (Å²) in [5.74, 6) is 0. The number of nitrogens with two attached hydrogens (primary N) is 1. The molecule has 0 aliphatic heterocycles. The number of rotatable bonds is 2. The van der Waals surface area contributed by atoms with Crippen LogP contribution in [-0.4, -0.2) is 10.2 Å². The SMILES string of the molecule is Nc1nnc(C2(c3ccccc3Br)CC2)s1. The zero-order chi connectivity index (χ0) is 11.2. The van der Waals surface area contributed by atoms with Crippen LogP contribution in [0.1, 0.15) is 23.4 Å². The van der Waals surface area contributed by atoms with E-state index in [1.807, 2.05) is 6.07 Å². The van der Waals surface area contributed by atoms with Crippen LogP contribution in [0, 0.1) is 0 Å². The first-order valence-electron chi connectivity index (χ1n) is 5.07. The van der Waals surface area contributed by atoms with Crippen LogP contribution >= 0.6 is 27.3 Å². The number of halogens is 1. The van der Waals surface area contributed by atoms with Crippen molar-refractivity contribution in [2.24, 2.45) is 0 Å². The highest BCUT2D eigenvalue weighted by atomic mass is 79.9. The summed E-state index contributed by atoms with van der Waals surface area (Å²) >= 11 is 5.10. The summed E-state index contributed by atoms with van der Waals surface area (Å²) < 4.78 is 1.14. The summed E-state index contributed by atoms with van der Waals surface area (Å²) in [5, 5.41) is 9.69. The number of anilines is 1. The maximum absolute atomic E-state index is 5.65. The Hall–Kier alpha value is -0.940. The molecule has 2 N–H and O–H groups in total. The summed E-state index contributed by atoms with van der Waals surface area (Å²) in [6.07, 6.45) is 2.26. The quantitative estimate of drug-likeness (QED) is 0.927. The van der Waals surface area contributed by atoms with E-state index in [0.29, 0.717) is 5.13 Å². The van der Waals surface area contributed by atoms with Gasteiger partial charge in [-0.3, -0.25) is 0 Å². The zero-order valence-electron chi connectivity index (χ0n) is 8.48. The number of benzene rings is 1. The zero-order valence-corrected chi connectivity index (χ0v) is 10.9. The fourth-order valence-electron chi connectivity index (χ4n) is 2.00. The average Bonchev–Trinajstić information content (AvgIpc) is 2.96. The largest absolute Gasteiger partial charge is 0.374 e. The summed E-state index contributed by atoms with van der Waals surface area (Å²) in [6, 6.07) is 8.30. The number of nitrogens with zero attached hydrogens (tertiary/aromatic N) is 2. The van der Waals surface area contributed by atoms with E-state index < -0.39 is 0 Å². The highest BCUT2D eigenvalue weighted by molar-refractivity contribution is 9.10. The third-order valence-corrected chi connectivity index (χ3v) is 4.64. The van der Waals surface area contributed by atoms with Crippen LogP contribution in [0.5, 0.6) is 0 Å². The van der Waals surface area contributed by atoms with Crippen LogP contribution in [0.3, 0.4) is 0 Å². The van der Waals surface area contributed by atoms with Gasteiger partial charge in [0.05, 0.1) is 5.41 Å².